The number of rotatable bonds is 15. The molecule has 0 radical (unpaired) electrons. The number of nitrogens with two attached hydrogens (primary N) is 1. The number of aliphatic carboxylic acids is 1. The van der Waals surface area contributed by atoms with Crippen LogP contribution >= 0.6 is 0 Å². The molecule has 22 heavy (non-hydrogen) atoms. The van der Waals surface area contributed by atoms with Gasteiger partial charge in [-0.25, -0.2) is 0 Å². The fraction of sp³-hybridized carbons (Fsp3) is 0.889. The fourth-order valence-electron chi connectivity index (χ4n) is 2.56. The van der Waals surface area contributed by atoms with Crippen LogP contribution in [0, 0.1) is 0 Å². The van der Waals surface area contributed by atoms with Gasteiger partial charge in [-0.1, -0.05) is 71.1 Å². The number of hydrogen-bond donors (Lipinski definition) is 2. The molecule has 0 amide bonds. The minimum atomic E-state index is -1.42. The normalized spacial score (nSPS) is 13.8. The maximum atomic E-state index is 11.7. The molecule has 0 aliphatic carbocycles. The third kappa shape index (κ3) is 11.7. The van der Waals surface area contributed by atoms with Crippen LogP contribution in [-0.4, -0.2) is 22.4 Å². The second kappa shape index (κ2) is 12.6. The Balaban J connectivity index is 3.39. The first kappa shape index (κ1) is 21.1. The summed E-state index contributed by atoms with van der Waals surface area (Å²) in [4.78, 5) is 22.5. The van der Waals surface area contributed by atoms with Crippen LogP contribution in [-0.2, 0) is 9.59 Å². The molecule has 0 spiro atoms. The van der Waals surface area contributed by atoms with E-state index in [0.717, 1.165) is 12.8 Å². The average molecular weight is 313 g/mol. The topological polar surface area (TPSA) is 80.4 Å². The predicted octanol–water partition coefficient (Wildman–Crippen LogP) is 4.45. The van der Waals surface area contributed by atoms with Crippen molar-refractivity contribution in [2.75, 3.05) is 0 Å². The van der Waals surface area contributed by atoms with Crippen molar-refractivity contribution in [2.45, 2.75) is 103 Å². The quantitative estimate of drug-likeness (QED) is 0.438. The maximum absolute atomic E-state index is 11.7. The van der Waals surface area contributed by atoms with Crippen molar-refractivity contribution in [3.8, 4) is 0 Å². The van der Waals surface area contributed by atoms with Crippen LogP contribution in [0.1, 0.15) is 97.3 Å². The lowest BCUT2D eigenvalue weighted by Gasteiger charge is -2.17. The zero-order chi connectivity index (χ0) is 16.8. The van der Waals surface area contributed by atoms with Crippen LogP contribution in [0.3, 0.4) is 0 Å². The summed E-state index contributed by atoms with van der Waals surface area (Å²) >= 11 is 0. The number of carboxylic acids is 1. The summed E-state index contributed by atoms with van der Waals surface area (Å²) in [5, 5.41) is 8.87. The number of carbonyl (C=O) groups excluding carboxylic acids is 1. The van der Waals surface area contributed by atoms with E-state index < -0.39 is 11.5 Å². The Kier molecular flexibility index (Phi) is 12.1. The molecule has 0 heterocycles. The SMILES string of the molecule is CCCCCCCCCCCCCC(=O)CC(C)(N)C(=O)O. The number of Topliss-reactive ketones (excluding diaryl/α,β-unsaturated/α-hetero) is 1. The summed E-state index contributed by atoms with van der Waals surface area (Å²) in [7, 11) is 0. The lowest BCUT2D eigenvalue weighted by Crippen LogP contribution is -2.46. The Labute approximate surface area is 135 Å². The smallest absolute Gasteiger partial charge is 0.323 e. The molecule has 0 saturated carbocycles. The molecule has 0 rings (SSSR count). The molecule has 0 aliphatic heterocycles. The van der Waals surface area contributed by atoms with Gasteiger partial charge in [0, 0.05) is 12.8 Å². The van der Waals surface area contributed by atoms with E-state index in [9.17, 15) is 9.59 Å². The summed E-state index contributed by atoms with van der Waals surface area (Å²) in [5.41, 5.74) is 4.15. The maximum Gasteiger partial charge on any atom is 0.323 e. The summed E-state index contributed by atoms with van der Waals surface area (Å²) in [5.74, 6) is -1.15. The lowest BCUT2D eigenvalue weighted by atomic mass is 9.94. The van der Waals surface area contributed by atoms with E-state index in [0.29, 0.717) is 6.42 Å². The molecule has 4 nitrogen and oxygen atoms in total. The van der Waals surface area contributed by atoms with Crippen molar-refractivity contribution in [2.24, 2.45) is 5.73 Å². The lowest BCUT2D eigenvalue weighted by molar-refractivity contribution is -0.144. The van der Waals surface area contributed by atoms with Gasteiger partial charge in [0.1, 0.15) is 11.3 Å². The average Bonchev–Trinajstić information content (AvgIpc) is 2.44. The highest BCUT2D eigenvalue weighted by Crippen LogP contribution is 2.14. The molecule has 0 saturated heterocycles. The molecule has 0 aliphatic rings. The highest BCUT2D eigenvalue weighted by molar-refractivity contribution is 5.88. The summed E-state index contributed by atoms with van der Waals surface area (Å²) in [6.45, 7) is 3.63. The van der Waals surface area contributed by atoms with Gasteiger partial charge < -0.3 is 10.8 Å². The molecule has 0 bridgehead atoms. The Morgan fingerprint density at radius 2 is 1.27 bits per heavy atom. The van der Waals surface area contributed by atoms with Crippen LogP contribution in [0.5, 0.6) is 0 Å². The first-order valence-electron chi connectivity index (χ1n) is 8.94. The molecule has 0 fully saturated rings. The first-order chi connectivity index (χ1) is 10.4. The van der Waals surface area contributed by atoms with Crippen LogP contribution in [0.15, 0.2) is 0 Å². The molecule has 130 valence electrons. The summed E-state index contributed by atoms with van der Waals surface area (Å²) < 4.78 is 0. The largest absolute Gasteiger partial charge is 0.480 e. The van der Waals surface area contributed by atoms with Gasteiger partial charge in [0.2, 0.25) is 0 Å². The van der Waals surface area contributed by atoms with Crippen molar-refractivity contribution in [3.63, 3.8) is 0 Å². The number of carboxylic acid groups (broad SMARTS) is 1. The van der Waals surface area contributed by atoms with E-state index in [4.69, 9.17) is 10.8 Å². The van der Waals surface area contributed by atoms with E-state index in [1.54, 1.807) is 0 Å². The van der Waals surface area contributed by atoms with Crippen molar-refractivity contribution in [1.29, 1.82) is 0 Å². The van der Waals surface area contributed by atoms with E-state index >= 15 is 0 Å². The molecule has 0 aromatic heterocycles. The third-order valence-corrected chi connectivity index (χ3v) is 4.11. The second-order valence-electron chi connectivity index (χ2n) is 6.72. The second-order valence-corrected chi connectivity index (χ2v) is 6.72. The van der Waals surface area contributed by atoms with E-state index in [1.165, 1.54) is 64.7 Å². The van der Waals surface area contributed by atoms with Gasteiger partial charge in [-0.05, 0) is 13.3 Å². The monoisotopic (exact) mass is 313 g/mol. The highest BCUT2D eigenvalue weighted by Gasteiger charge is 2.30. The molecule has 3 N–H and O–H groups in total. The fourth-order valence-corrected chi connectivity index (χ4v) is 2.56. The molecule has 0 aromatic carbocycles. The van der Waals surface area contributed by atoms with Crippen molar-refractivity contribution in [1.82, 2.24) is 0 Å². The van der Waals surface area contributed by atoms with E-state index in [2.05, 4.69) is 6.92 Å². The Morgan fingerprint density at radius 3 is 1.68 bits per heavy atom. The number of carbonyl (C=O) groups is 2. The minimum Gasteiger partial charge on any atom is -0.480 e. The zero-order valence-corrected chi connectivity index (χ0v) is 14.5. The zero-order valence-electron chi connectivity index (χ0n) is 14.5. The number of hydrogen-bond acceptors (Lipinski definition) is 3. The van der Waals surface area contributed by atoms with Gasteiger partial charge >= 0.3 is 5.97 Å². The van der Waals surface area contributed by atoms with Gasteiger partial charge in [-0.2, -0.15) is 0 Å². The minimum absolute atomic E-state index is 0.0386. The molecule has 4 heteroatoms. The van der Waals surface area contributed by atoms with Crippen LogP contribution in [0.2, 0.25) is 0 Å². The number of ketones is 1. The third-order valence-electron chi connectivity index (χ3n) is 4.11. The van der Waals surface area contributed by atoms with Gasteiger partial charge in [0.25, 0.3) is 0 Å². The van der Waals surface area contributed by atoms with Crippen molar-refractivity contribution >= 4 is 11.8 Å². The van der Waals surface area contributed by atoms with Gasteiger partial charge in [-0.3, -0.25) is 9.59 Å². The van der Waals surface area contributed by atoms with Crippen LogP contribution in [0.25, 0.3) is 0 Å². The molecule has 1 unspecified atom stereocenters. The van der Waals surface area contributed by atoms with E-state index in [1.807, 2.05) is 0 Å². The summed E-state index contributed by atoms with van der Waals surface area (Å²) in [6.07, 6.45) is 14.1. The Morgan fingerprint density at radius 1 is 0.864 bits per heavy atom. The molecule has 1 atom stereocenters. The van der Waals surface area contributed by atoms with Crippen molar-refractivity contribution in [3.05, 3.63) is 0 Å². The highest BCUT2D eigenvalue weighted by atomic mass is 16.4. The van der Waals surface area contributed by atoms with Gasteiger partial charge in [0.05, 0.1) is 0 Å². The van der Waals surface area contributed by atoms with Crippen LogP contribution in [0.4, 0.5) is 0 Å². The predicted molar refractivity (Wildman–Crippen MR) is 90.9 cm³/mol. The van der Waals surface area contributed by atoms with Crippen LogP contribution < -0.4 is 5.73 Å². The Hall–Kier alpha value is -0.900. The van der Waals surface area contributed by atoms with Gasteiger partial charge in [-0.15, -0.1) is 0 Å². The molecular formula is C18H35NO3. The molecular weight excluding hydrogens is 278 g/mol. The Bertz CT molecular complexity index is 313. The number of unbranched alkanes of at least 4 members (excludes halogenated alkanes) is 10. The van der Waals surface area contributed by atoms with Gasteiger partial charge in [0.15, 0.2) is 0 Å². The van der Waals surface area contributed by atoms with E-state index in [-0.39, 0.29) is 12.2 Å². The first-order valence-corrected chi connectivity index (χ1v) is 8.94. The standard InChI is InChI=1S/C18H35NO3/c1-3-4-5-6-7-8-9-10-11-12-13-14-16(20)15-18(2,19)17(21)22/h3-15,19H2,1-2H3,(H,21,22). The van der Waals surface area contributed by atoms with Crippen molar-refractivity contribution < 1.29 is 14.7 Å². The molecule has 0 aromatic rings. The summed E-state index contributed by atoms with van der Waals surface area (Å²) in [6, 6.07) is 0.